The standard InChI is InChI=1S/C19H16O6/c1-11(19(21)22)24-14-7-8-15-16(10-18(20)25-17(15)9-14)12-3-5-13(23-2)6-4-12/h3-11H,1-2H3,(H,21,22)/t11-/m1/s1. The Morgan fingerprint density at radius 2 is 1.76 bits per heavy atom. The van der Waals surface area contributed by atoms with Crippen LogP contribution in [-0.2, 0) is 4.79 Å². The van der Waals surface area contributed by atoms with Crippen LogP contribution in [0.15, 0.2) is 57.7 Å². The Balaban J connectivity index is 2.07. The third kappa shape index (κ3) is 3.47. The lowest BCUT2D eigenvalue weighted by molar-refractivity contribution is -0.144. The summed E-state index contributed by atoms with van der Waals surface area (Å²) in [6, 6.07) is 13.6. The number of methoxy groups -OCH3 is 1. The van der Waals surface area contributed by atoms with Crippen LogP contribution in [0, 0.1) is 0 Å². The molecule has 0 aliphatic heterocycles. The van der Waals surface area contributed by atoms with Crippen molar-refractivity contribution in [2.24, 2.45) is 0 Å². The van der Waals surface area contributed by atoms with E-state index in [1.807, 2.05) is 24.3 Å². The third-order valence-corrected chi connectivity index (χ3v) is 3.78. The molecule has 3 aromatic rings. The van der Waals surface area contributed by atoms with Gasteiger partial charge in [0, 0.05) is 17.5 Å². The summed E-state index contributed by atoms with van der Waals surface area (Å²) < 4.78 is 15.7. The first kappa shape index (κ1) is 16.6. The summed E-state index contributed by atoms with van der Waals surface area (Å²) in [6.07, 6.45) is -1.01. The fraction of sp³-hybridized carbons (Fsp3) is 0.158. The van der Waals surface area contributed by atoms with Gasteiger partial charge in [-0.05, 0) is 42.3 Å². The first-order valence-electron chi connectivity index (χ1n) is 7.60. The fourth-order valence-electron chi connectivity index (χ4n) is 2.48. The number of hydrogen-bond acceptors (Lipinski definition) is 5. The van der Waals surface area contributed by atoms with Crippen LogP contribution in [0.25, 0.3) is 22.1 Å². The summed E-state index contributed by atoms with van der Waals surface area (Å²) in [4.78, 5) is 22.8. The van der Waals surface area contributed by atoms with Crippen LogP contribution >= 0.6 is 0 Å². The highest BCUT2D eigenvalue weighted by atomic mass is 16.5. The van der Waals surface area contributed by atoms with E-state index in [9.17, 15) is 9.59 Å². The molecule has 1 heterocycles. The zero-order valence-electron chi connectivity index (χ0n) is 13.7. The molecule has 0 bridgehead atoms. The van der Waals surface area contributed by atoms with E-state index in [2.05, 4.69) is 0 Å². The van der Waals surface area contributed by atoms with E-state index < -0.39 is 17.7 Å². The quantitative estimate of drug-likeness (QED) is 0.717. The van der Waals surface area contributed by atoms with Gasteiger partial charge in [0.1, 0.15) is 17.1 Å². The maximum absolute atomic E-state index is 11.9. The predicted octanol–water partition coefficient (Wildman–Crippen LogP) is 3.32. The molecule has 0 radical (unpaired) electrons. The minimum atomic E-state index is -1.08. The van der Waals surface area contributed by atoms with Gasteiger partial charge in [-0.2, -0.15) is 0 Å². The van der Waals surface area contributed by atoms with E-state index >= 15 is 0 Å². The molecule has 0 aliphatic rings. The SMILES string of the molecule is COc1ccc(-c2cc(=O)oc3cc(O[C@H](C)C(=O)O)ccc23)cc1. The number of benzene rings is 2. The second-order valence-electron chi connectivity index (χ2n) is 5.46. The van der Waals surface area contributed by atoms with Crippen LogP contribution in [0.5, 0.6) is 11.5 Å². The zero-order chi connectivity index (χ0) is 18.0. The molecule has 2 aromatic carbocycles. The van der Waals surface area contributed by atoms with Crippen molar-refractivity contribution in [3.63, 3.8) is 0 Å². The second kappa shape index (κ2) is 6.68. The number of rotatable bonds is 5. The van der Waals surface area contributed by atoms with Gasteiger partial charge in [0.25, 0.3) is 0 Å². The molecule has 1 atom stereocenters. The van der Waals surface area contributed by atoms with E-state index in [4.69, 9.17) is 19.0 Å². The molecular formula is C19H16O6. The topological polar surface area (TPSA) is 86.0 Å². The van der Waals surface area contributed by atoms with Crippen LogP contribution in [0.1, 0.15) is 6.92 Å². The Hall–Kier alpha value is -3.28. The maximum Gasteiger partial charge on any atom is 0.344 e. The van der Waals surface area contributed by atoms with Crippen LogP contribution in [-0.4, -0.2) is 24.3 Å². The monoisotopic (exact) mass is 340 g/mol. The van der Waals surface area contributed by atoms with Crippen LogP contribution in [0.3, 0.4) is 0 Å². The van der Waals surface area contributed by atoms with Gasteiger partial charge in [-0.25, -0.2) is 9.59 Å². The highest BCUT2D eigenvalue weighted by Gasteiger charge is 2.14. The Bertz CT molecular complexity index is 971. The van der Waals surface area contributed by atoms with Crippen molar-refractivity contribution in [2.75, 3.05) is 7.11 Å². The number of ether oxygens (including phenoxy) is 2. The molecule has 0 saturated heterocycles. The normalized spacial score (nSPS) is 11.9. The molecule has 1 N–H and O–H groups in total. The molecule has 0 amide bonds. The summed E-state index contributed by atoms with van der Waals surface area (Å²) in [5.41, 5.74) is 1.38. The average Bonchev–Trinajstić information content (AvgIpc) is 2.60. The lowest BCUT2D eigenvalue weighted by Crippen LogP contribution is -2.22. The van der Waals surface area contributed by atoms with Gasteiger partial charge < -0.3 is 19.0 Å². The number of aliphatic carboxylic acids is 1. The predicted molar refractivity (Wildman–Crippen MR) is 92.2 cm³/mol. The van der Waals surface area contributed by atoms with Gasteiger partial charge in [0.05, 0.1) is 7.11 Å². The molecule has 3 rings (SSSR count). The molecule has 0 saturated carbocycles. The Kier molecular flexibility index (Phi) is 4.43. The van der Waals surface area contributed by atoms with Gasteiger partial charge in [-0.1, -0.05) is 12.1 Å². The molecule has 6 heteroatoms. The Labute approximate surface area is 143 Å². The summed E-state index contributed by atoms with van der Waals surface area (Å²) in [5.74, 6) is -0.0414. The van der Waals surface area contributed by atoms with Crippen molar-refractivity contribution >= 4 is 16.9 Å². The van der Waals surface area contributed by atoms with Gasteiger partial charge in [-0.15, -0.1) is 0 Å². The lowest BCUT2D eigenvalue weighted by Gasteiger charge is -2.12. The number of fused-ring (bicyclic) bond motifs is 1. The molecule has 0 fully saturated rings. The number of carboxylic acid groups (broad SMARTS) is 1. The van der Waals surface area contributed by atoms with E-state index in [-0.39, 0.29) is 0 Å². The van der Waals surface area contributed by atoms with E-state index in [0.29, 0.717) is 16.9 Å². The Morgan fingerprint density at radius 1 is 1.08 bits per heavy atom. The fourth-order valence-corrected chi connectivity index (χ4v) is 2.48. The maximum atomic E-state index is 11.9. The van der Waals surface area contributed by atoms with E-state index in [0.717, 1.165) is 16.7 Å². The van der Waals surface area contributed by atoms with Gasteiger partial charge in [0.2, 0.25) is 0 Å². The van der Waals surface area contributed by atoms with Crippen molar-refractivity contribution in [1.82, 2.24) is 0 Å². The van der Waals surface area contributed by atoms with Crippen molar-refractivity contribution in [3.05, 3.63) is 59.0 Å². The molecule has 128 valence electrons. The minimum Gasteiger partial charge on any atom is -0.497 e. The zero-order valence-corrected chi connectivity index (χ0v) is 13.7. The van der Waals surface area contributed by atoms with Crippen LogP contribution in [0.2, 0.25) is 0 Å². The van der Waals surface area contributed by atoms with Gasteiger partial charge >= 0.3 is 11.6 Å². The van der Waals surface area contributed by atoms with E-state index in [1.54, 1.807) is 19.2 Å². The highest BCUT2D eigenvalue weighted by Crippen LogP contribution is 2.30. The molecule has 1 aromatic heterocycles. The Morgan fingerprint density at radius 3 is 2.40 bits per heavy atom. The van der Waals surface area contributed by atoms with Crippen molar-refractivity contribution in [3.8, 4) is 22.6 Å². The molecule has 6 nitrogen and oxygen atoms in total. The van der Waals surface area contributed by atoms with Crippen LogP contribution in [0.4, 0.5) is 0 Å². The number of carbonyl (C=O) groups is 1. The second-order valence-corrected chi connectivity index (χ2v) is 5.46. The summed E-state index contributed by atoms with van der Waals surface area (Å²) in [7, 11) is 1.58. The minimum absolute atomic E-state index is 0.317. The van der Waals surface area contributed by atoms with Gasteiger partial charge in [0.15, 0.2) is 6.10 Å². The van der Waals surface area contributed by atoms with Crippen LogP contribution < -0.4 is 15.1 Å². The lowest BCUT2D eigenvalue weighted by atomic mass is 10.0. The number of carboxylic acids is 1. The molecular weight excluding hydrogens is 324 g/mol. The first-order valence-corrected chi connectivity index (χ1v) is 7.60. The smallest absolute Gasteiger partial charge is 0.344 e. The average molecular weight is 340 g/mol. The molecule has 25 heavy (non-hydrogen) atoms. The summed E-state index contributed by atoms with van der Waals surface area (Å²) in [5, 5.41) is 9.65. The van der Waals surface area contributed by atoms with Gasteiger partial charge in [-0.3, -0.25) is 0 Å². The summed E-state index contributed by atoms with van der Waals surface area (Å²) >= 11 is 0. The third-order valence-electron chi connectivity index (χ3n) is 3.78. The molecule has 0 spiro atoms. The number of hydrogen-bond donors (Lipinski definition) is 1. The van der Waals surface area contributed by atoms with Crippen molar-refractivity contribution in [2.45, 2.75) is 13.0 Å². The highest BCUT2D eigenvalue weighted by molar-refractivity contribution is 5.93. The molecule has 0 aliphatic carbocycles. The van der Waals surface area contributed by atoms with Crippen molar-refractivity contribution < 1.29 is 23.8 Å². The van der Waals surface area contributed by atoms with Crippen molar-refractivity contribution in [1.29, 1.82) is 0 Å². The summed E-state index contributed by atoms with van der Waals surface area (Å²) in [6.45, 7) is 1.43. The first-order chi connectivity index (χ1) is 12.0. The molecule has 0 unspecified atom stereocenters. The van der Waals surface area contributed by atoms with E-state index in [1.165, 1.54) is 19.1 Å². The largest absolute Gasteiger partial charge is 0.497 e.